The molecular weight excluding hydrogens is 406 g/mol. The van der Waals surface area contributed by atoms with Gasteiger partial charge in [-0.2, -0.15) is 0 Å². The molecular formula is C24H25N5OS. The summed E-state index contributed by atoms with van der Waals surface area (Å²) in [5.74, 6) is 2.58. The summed E-state index contributed by atoms with van der Waals surface area (Å²) in [5, 5.41) is 6.74. The van der Waals surface area contributed by atoms with Gasteiger partial charge in [0, 0.05) is 43.9 Å². The van der Waals surface area contributed by atoms with Gasteiger partial charge in [0.15, 0.2) is 5.82 Å². The Bertz CT molecular complexity index is 1150. The topological polar surface area (TPSA) is 63.2 Å². The number of pyridine rings is 1. The quantitative estimate of drug-likeness (QED) is 0.439. The summed E-state index contributed by atoms with van der Waals surface area (Å²) in [6.07, 6.45) is 4.46. The van der Waals surface area contributed by atoms with Crippen LogP contribution in [0.3, 0.4) is 0 Å². The van der Waals surface area contributed by atoms with E-state index in [1.807, 2.05) is 12.3 Å². The highest BCUT2D eigenvalue weighted by atomic mass is 32.1. The number of aromatic nitrogens is 3. The fourth-order valence-electron chi connectivity index (χ4n) is 3.98. The Morgan fingerprint density at radius 1 is 1.06 bits per heavy atom. The number of anilines is 2. The molecule has 1 aromatic carbocycles. The van der Waals surface area contributed by atoms with Crippen LogP contribution in [0.5, 0.6) is 0 Å². The lowest BCUT2D eigenvalue weighted by molar-refractivity contribution is 0.178. The monoisotopic (exact) mass is 431 g/mol. The molecule has 0 atom stereocenters. The number of benzene rings is 1. The van der Waals surface area contributed by atoms with E-state index in [9.17, 15) is 0 Å². The van der Waals surface area contributed by atoms with Crippen LogP contribution in [0.15, 0.2) is 54.0 Å². The average molecular weight is 432 g/mol. The molecule has 31 heavy (non-hydrogen) atoms. The molecule has 158 valence electrons. The van der Waals surface area contributed by atoms with E-state index in [0.29, 0.717) is 19.0 Å². The van der Waals surface area contributed by atoms with Crippen molar-refractivity contribution in [1.82, 2.24) is 15.0 Å². The van der Waals surface area contributed by atoms with Gasteiger partial charge in [0.2, 0.25) is 0 Å². The number of rotatable bonds is 7. The second-order valence-corrected chi connectivity index (χ2v) is 8.55. The number of fused-ring (bicyclic) bond motifs is 1. The van der Waals surface area contributed by atoms with Crippen LogP contribution in [0.1, 0.15) is 24.2 Å². The van der Waals surface area contributed by atoms with Crippen LogP contribution < -0.4 is 10.2 Å². The maximum Gasteiger partial charge on any atom is 0.158 e. The Kier molecular flexibility index (Phi) is 5.78. The molecule has 4 heterocycles. The predicted octanol–water partition coefficient (Wildman–Crippen LogP) is 5.11. The van der Waals surface area contributed by atoms with Gasteiger partial charge < -0.3 is 15.0 Å². The highest BCUT2D eigenvalue weighted by molar-refractivity contribution is 7.17. The number of thiophene rings is 1. The zero-order chi connectivity index (χ0) is 21.0. The van der Waals surface area contributed by atoms with Gasteiger partial charge >= 0.3 is 0 Å². The molecule has 0 spiro atoms. The molecule has 0 saturated carbocycles. The lowest BCUT2D eigenvalue weighted by Crippen LogP contribution is -2.18. The molecule has 0 radical (unpaired) electrons. The van der Waals surface area contributed by atoms with Crippen LogP contribution in [0.2, 0.25) is 0 Å². The van der Waals surface area contributed by atoms with E-state index in [0.717, 1.165) is 51.6 Å². The van der Waals surface area contributed by atoms with Gasteiger partial charge in [0.05, 0.1) is 5.39 Å². The second-order valence-electron chi connectivity index (χ2n) is 7.69. The summed E-state index contributed by atoms with van der Waals surface area (Å²) in [6.45, 7) is 3.24. The smallest absolute Gasteiger partial charge is 0.158 e. The highest BCUT2D eigenvalue weighted by Gasteiger charge is 2.16. The van der Waals surface area contributed by atoms with Gasteiger partial charge in [-0.25, -0.2) is 15.0 Å². The van der Waals surface area contributed by atoms with Crippen LogP contribution in [-0.4, -0.2) is 35.2 Å². The van der Waals surface area contributed by atoms with Crippen molar-refractivity contribution in [3.8, 4) is 11.1 Å². The van der Waals surface area contributed by atoms with Crippen molar-refractivity contribution in [2.45, 2.75) is 26.0 Å². The second kappa shape index (κ2) is 8.99. The normalized spacial score (nSPS) is 13.8. The summed E-state index contributed by atoms with van der Waals surface area (Å²) in [5.41, 5.74) is 3.44. The zero-order valence-corrected chi connectivity index (χ0v) is 18.4. The minimum absolute atomic E-state index is 0.384. The van der Waals surface area contributed by atoms with E-state index in [-0.39, 0.29) is 0 Å². The molecule has 7 heteroatoms. The molecule has 6 nitrogen and oxygen atoms in total. The Hall–Kier alpha value is -3.03. The zero-order valence-electron chi connectivity index (χ0n) is 17.5. The third-order valence-electron chi connectivity index (χ3n) is 5.54. The van der Waals surface area contributed by atoms with E-state index in [1.54, 1.807) is 18.4 Å². The van der Waals surface area contributed by atoms with Crippen LogP contribution in [0.25, 0.3) is 21.3 Å². The maximum absolute atomic E-state index is 5.29. The molecule has 1 aliphatic rings. The first kappa shape index (κ1) is 19.9. The molecule has 1 aliphatic heterocycles. The third-order valence-corrected chi connectivity index (χ3v) is 6.41. The van der Waals surface area contributed by atoms with Crippen LogP contribution in [0.4, 0.5) is 11.6 Å². The Labute approximate surface area is 185 Å². The molecule has 0 aliphatic carbocycles. The summed E-state index contributed by atoms with van der Waals surface area (Å²) in [7, 11) is 1.66. The fourth-order valence-corrected chi connectivity index (χ4v) is 4.94. The molecule has 1 N–H and O–H groups in total. The van der Waals surface area contributed by atoms with Crippen LogP contribution in [-0.2, 0) is 17.9 Å². The van der Waals surface area contributed by atoms with Crippen molar-refractivity contribution in [1.29, 1.82) is 0 Å². The van der Waals surface area contributed by atoms with Crippen molar-refractivity contribution in [3.63, 3.8) is 0 Å². The molecule has 0 bridgehead atoms. The number of nitrogens with one attached hydrogen (secondary N) is 1. The molecule has 1 fully saturated rings. The molecule has 4 aromatic rings. The summed E-state index contributed by atoms with van der Waals surface area (Å²) in [4.78, 5) is 17.5. The van der Waals surface area contributed by atoms with E-state index in [1.165, 1.54) is 12.8 Å². The number of ether oxygens (including phenoxy) is 1. The van der Waals surface area contributed by atoms with E-state index in [2.05, 4.69) is 57.0 Å². The average Bonchev–Trinajstić information content (AvgIpc) is 3.49. The van der Waals surface area contributed by atoms with Crippen molar-refractivity contribution < 1.29 is 4.74 Å². The van der Waals surface area contributed by atoms with Gasteiger partial charge in [0.25, 0.3) is 0 Å². The predicted molar refractivity (Wildman–Crippen MR) is 127 cm³/mol. The lowest BCUT2D eigenvalue weighted by atomic mass is 10.1. The first-order valence-electron chi connectivity index (χ1n) is 10.6. The van der Waals surface area contributed by atoms with Gasteiger partial charge in [-0.3, -0.25) is 0 Å². The number of nitrogens with zero attached hydrogens (tertiary/aromatic N) is 4. The molecule has 5 rings (SSSR count). The van der Waals surface area contributed by atoms with Gasteiger partial charge in [-0.05, 0) is 30.0 Å². The lowest BCUT2D eigenvalue weighted by Gasteiger charge is -2.16. The number of hydrogen-bond acceptors (Lipinski definition) is 7. The minimum Gasteiger partial charge on any atom is -0.377 e. The van der Waals surface area contributed by atoms with E-state index >= 15 is 0 Å². The van der Waals surface area contributed by atoms with Crippen molar-refractivity contribution in [2.24, 2.45) is 0 Å². The first-order valence-corrected chi connectivity index (χ1v) is 11.5. The maximum atomic E-state index is 5.29. The van der Waals surface area contributed by atoms with Gasteiger partial charge in [0.1, 0.15) is 23.1 Å². The first-order chi connectivity index (χ1) is 15.3. The van der Waals surface area contributed by atoms with Gasteiger partial charge in [-0.15, -0.1) is 11.3 Å². The Morgan fingerprint density at radius 2 is 1.90 bits per heavy atom. The molecule has 3 aromatic heterocycles. The van der Waals surface area contributed by atoms with Crippen molar-refractivity contribution in [2.75, 3.05) is 30.4 Å². The number of methoxy groups -OCH3 is 1. The molecule has 0 unspecified atom stereocenters. The van der Waals surface area contributed by atoms with E-state index < -0.39 is 0 Å². The standard InChI is InChI=1S/C24H25N5OS/c1-30-15-20-27-23(22-19(16-31-24(22)28-20)18-7-3-2-4-8-18)26-14-17-9-10-21(25-13-17)29-11-5-6-12-29/h2-4,7-10,13,16H,5-6,11-12,14-15H2,1H3,(H,26,27,28). The van der Waals surface area contributed by atoms with Crippen LogP contribution in [0, 0.1) is 0 Å². The Balaban J connectivity index is 1.44. The number of hydrogen-bond donors (Lipinski definition) is 1. The highest BCUT2D eigenvalue weighted by Crippen LogP contribution is 2.37. The Morgan fingerprint density at radius 3 is 2.65 bits per heavy atom. The molecule has 1 saturated heterocycles. The summed E-state index contributed by atoms with van der Waals surface area (Å²) in [6, 6.07) is 14.6. The summed E-state index contributed by atoms with van der Waals surface area (Å²) < 4.78 is 5.29. The van der Waals surface area contributed by atoms with Crippen molar-refractivity contribution >= 4 is 33.2 Å². The fraction of sp³-hybridized carbons (Fsp3) is 0.292. The largest absolute Gasteiger partial charge is 0.377 e. The van der Waals surface area contributed by atoms with Gasteiger partial charge in [-0.1, -0.05) is 36.4 Å². The van der Waals surface area contributed by atoms with Crippen LogP contribution >= 0.6 is 11.3 Å². The van der Waals surface area contributed by atoms with E-state index in [4.69, 9.17) is 14.7 Å². The minimum atomic E-state index is 0.384. The third kappa shape index (κ3) is 4.24. The summed E-state index contributed by atoms with van der Waals surface area (Å²) >= 11 is 1.64. The molecule has 0 amide bonds. The van der Waals surface area contributed by atoms with Crippen molar-refractivity contribution in [3.05, 3.63) is 65.4 Å². The SMILES string of the molecule is COCc1nc(NCc2ccc(N3CCCC3)nc2)c2c(-c3ccccc3)csc2n1.